The van der Waals surface area contributed by atoms with Crippen molar-refractivity contribution in [1.29, 1.82) is 0 Å². The van der Waals surface area contributed by atoms with Gasteiger partial charge in [0, 0.05) is 11.4 Å². The SMILES string of the molecule is O=C(c1ccc(F)cc1)[C@H](CCCl)N(C(=O)c1ccccc1Cl)N1C(=O)[C@@H]2[C@H]3C=C[C@@H]([C@@H]4C[C@H]34)[C@@H]2C1=O. The molecule has 2 saturated carbocycles. The van der Waals surface area contributed by atoms with Crippen LogP contribution >= 0.6 is 23.2 Å². The Morgan fingerprint density at radius 2 is 1.57 bits per heavy atom. The lowest BCUT2D eigenvalue weighted by molar-refractivity contribution is -0.157. The molecule has 37 heavy (non-hydrogen) atoms. The Balaban J connectivity index is 1.45. The molecule has 0 radical (unpaired) electrons. The fraction of sp³-hybridized carbons (Fsp3) is 0.357. The largest absolute Gasteiger partial charge is 0.292 e. The summed E-state index contributed by atoms with van der Waals surface area (Å²) >= 11 is 12.4. The van der Waals surface area contributed by atoms with Crippen LogP contribution < -0.4 is 0 Å². The first-order chi connectivity index (χ1) is 17.8. The zero-order valence-electron chi connectivity index (χ0n) is 19.6. The molecule has 7 atom stereocenters. The first-order valence-electron chi connectivity index (χ1n) is 12.3. The van der Waals surface area contributed by atoms with E-state index in [4.69, 9.17) is 23.2 Å². The number of allylic oxidation sites excluding steroid dienone is 2. The summed E-state index contributed by atoms with van der Waals surface area (Å²) in [4.78, 5) is 55.6. The number of rotatable bonds is 7. The molecule has 190 valence electrons. The molecule has 3 fully saturated rings. The molecule has 1 heterocycles. The van der Waals surface area contributed by atoms with Gasteiger partial charge in [-0.15, -0.1) is 11.6 Å². The molecule has 7 rings (SSSR count). The quantitative estimate of drug-likeness (QED) is 0.219. The van der Waals surface area contributed by atoms with Crippen molar-refractivity contribution >= 4 is 46.7 Å². The fourth-order valence-electron chi connectivity index (χ4n) is 6.56. The van der Waals surface area contributed by atoms with Crippen molar-refractivity contribution in [3.05, 3.63) is 82.6 Å². The van der Waals surface area contributed by atoms with Crippen LogP contribution in [0, 0.1) is 41.3 Å². The van der Waals surface area contributed by atoms with E-state index in [9.17, 15) is 23.6 Å². The van der Waals surface area contributed by atoms with Crippen molar-refractivity contribution in [2.75, 3.05) is 5.88 Å². The molecule has 2 bridgehead atoms. The minimum atomic E-state index is -1.28. The molecule has 6 nitrogen and oxygen atoms in total. The fourth-order valence-corrected chi connectivity index (χ4v) is 6.98. The first-order valence-corrected chi connectivity index (χ1v) is 13.2. The van der Waals surface area contributed by atoms with Gasteiger partial charge in [0.2, 0.25) is 0 Å². The van der Waals surface area contributed by atoms with E-state index in [-0.39, 0.29) is 40.3 Å². The Hall–Kier alpha value is -3.03. The lowest BCUT2D eigenvalue weighted by atomic mass is 9.63. The maximum absolute atomic E-state index is 14.0. The van der Waals surface area contributed by atoms with Crippen molar-refractivity contribution in [3.63, 3.8) is 0 Å². The van der Waals surface area contributed by atoms with Crippen molar-refractivity contribution in [1.82, 2.24) is 10.0 Å². The second-order valence-corrected chi connectivity index (χ2v) is 10.9. The maximum Gasteiger partial charge on any atom is 0.275 e. The van der Waals surface area contributed by atoms with E-state index >= 15 is 0 Å². The molecule has 1 aliphatic heterocycles. The first kappa shape index (κ1) is 24.3. The minimum Gasteiger partial charge on any atom is -0.292 e. The van der Waals surface area contributed by atoms with Crippen LogP contribution in [0.25, 0.3) is 0 Å². The smallest absolute Gasteiger partial charge is 0.275 e. The van der Waals surface area contributed by atoms with E-state index in [2.05, 4.69) is 0 Å². The van der Waals surface area contributed by atoms with Crippen LogP contribution in [0.3, 0.4) is 0 Å². The Morgan fingerprint density at radius 1 is 0.973 bits per heavy atom. The number of Topliss-reactive ketones (excluding diaryl/α,β-unsaturated/α-hetero) is 1. The third-order valence-corrected chi connectivity index (χ3v) is 8.82. The molecule has 0 unspecified atom stereocenters. The summed E-state index contributed by atoms with van der Waals surface area (Å²) in [6.07, 6.45) is 5.04. The van der Waals surface area contributed by atoms with Gasteiger partial charge in [0.1, 0.15) is 11.9 Å². The van der Waals surface area contributed by atoms with Crippen LogP contribution in [0.1, 0.15) is 33.6 Å². The maximum atomic E-state index is 14.0. The van der Waals surface area contributed by atoms with Gasteiger partial charge in [-0.1, -0.05) is 35.9 Å². The van der Waals surface area contributed by atoms with Crippen LogP contribution in [0.4, 0.5) is 4.39 Å². The summed E-state index contributed by atoms with van der Waals surface area (Å²) < 4.78 is 13.6. The Bertz CT molecular complexity index is 1310. The second-order valence-electron chi connectivity index (χ2n) is 10.1. The molecule has 5 aliphatic rings. The zero-order valence-corrected chi connectivity index (χ0v) is 21.1. The highest BCUT2D eigenvalue weighted by Crippen LogP contribution is 2.65. The number of amides is 3. The Morgan fingerprint density at radius 3 is 2.14 bits per heavy atom. The van der Waals surface area contributed by atoms with Gasteiger partial charge < -0.3 is 0 Å². The molecule has 0 spiro atoms. The Labute approximate surface area is 223 Å². The van der Waals surface area contributed by atoms with E-state index < -0.39 is 47.2 Å². The number of benzene rings is 2. The molecule has 2 aromatic rings. The number of alkyl halides is 1. The molecule has 4 aliphatic carbocycles. The lowest BCUT2D eigenvalue weighted by Gasteiger charge is -2.37. The third-order valence-electron chi connectivity index (χ3n) is 8.28. The number of hydrazine groups is 1. The predicted molar refractivity (Wildman–Crippen MR) is 134 cm³/mol. The van der Waals surface area contributed by atoms with Crippen LogP contribution in [-0.4, -0.2) is 45.4 Å². The van der Waals surface area contributed by atoms with Gasteiger partial charge in [0.15, 0.2) is 5.78 Å². The number of ketones is 1. The zero-order chi connectivity index (χ0) is 26.0. The van der Waals surface area contributed by atoms with Crippen molar-refractivity contribution in [3.8, 4) is 0 Å². The van der Waals surface area contributed by atoms with E-state index in [0.29, 0.717) is 11.8 Å². The molecule has 1 saturated heterocycles. The average Bonchev–Trinajstić information content (AvgIpc) is 3.68. The van der Waals surface area contributed by atoms with Crippen molar-refractivity contribution < 1.29 is 23.6 Å². The second kappa shape index (κ2) is 9.07. The standard InChI is InChI=1S/C28H23Cl2FN2O4/c29-12-11-22(25(34)14-5-7-15(31)8-6-14)32(26(35)18-3-1-2-4-21(18)30)33-27(36)23-16-9-10-17(20-13-19(16)20)24(23)28(33)37/h1-10,16-17,19-20,22-24H,11-13H2/t16-,17-,19-,20+,22-,23-,24+/m0/s1. The summed E-state index contributed by atoms with van der Waals surface area (Å²) in [6.45, 7) is 0. The number of nitrogens with zero attached hydrogens (tertiary/aromatic N) is 2. The highest BCUT2D eigenvalue weighted by molar-refractivity contribution is 6.34. The summed E-state index contributed by atoms with van der Waals surface area (Å²) in [6, 6.07) is 9.89. The van der Waals surface area contributed by atoms with Gasteiger partial charge in [-0.25, -0.2) is 9.40 Å². The van der Waals surface area contributed by atoms with Crippen LogP contribution in [0.15, 0.2) is 60.7 Å². The molecular formula is C28H23Cl2FN2O4. The average molecular weight is 541 g/mol. The number of hydrogen-bond acceptors (Lipinski definition) is 4. The normalized spacial score (nSPS) is 29.6. The van der Waals surface area contributed by atoms with E-state index in [1.165, 1.54) is 24.3 Å². The molecule has 0 aromatic heterocycles. The van der Waals surface area contributed by atoms with E-state index in [1.54, 1.807) is 12.1 Å². The van der Waals surface area contributed by atoms with E-state index in [1.807, 2.05) is 12.2 Å². The number of hydrogen-bond donors (Lipinski definition) is 0. The monoisotopic (exact) mass is 540 g/mol. The van der Waals surface area contributed by atoms with Gasteiger partial charge in [-0.3, -0.25) is 19.2 Å². The topological polar surface area (TPSA) is 74.8 Å². The summed E-state index contributed by atoms with van der Waals surface area (Å²) in [5.74, 6) is -3.30. The van der Waals surface area contributed by atoms with Gasteiger partial charge in [0.25, 0.3) is 17.7 Å². The van der Waals surface area contributed by atoms with Crippen molar-refractivity contribution in [2.45, 2.75) is 18.9 Å². The van der Waals surface area contributed by atoms with E-state index in [0.717, 1.165) is 28.6 Å². The van der Waals surface area contributed by atoms with Crippen LogP contribution in [0.5, 0.6) is 0 Å². The molecular weight excluding hydrogens is 518 g/mol. The molecule has 9 heteroatoms. The third kappa shape index (κ3) is 3.74. The molecule has 2 aromatic carbocycles. The number of imide groups is 1. The van der Waals surface area contributed by atoms with Crippen LogP contribution in [-0.2, 0) is 9.59 Å². The van der Waals surface area contributed by atoms with Crippen molar-refractivity contribution in [2.24, 2.45) is 35.5 Å². The Kier molecular flexibility index (Phi) is 5.96. The van der Waals surface area contributed by atoms with Gasteiger partial charge in [0.05, 0.1) is 22.4 Å². The van der Waals surface area contributed by atoms with Gasteiger partial charge >= 0.3 is 0 Å². The number of carbonyl (C=O) groups excluding carboxylic acids is 4. The summed E-state index contributed by atoms with van der Waals surface area (Å²) in [7, 11) is 0. The highest BCUT2D eigenvalue weighted by atomic mass is 35.5. The number of halogens is 3. The highest BCUT2D eigenvalue weighted by Gasteiger charge is 2.68. The number of carbonyl (C=O) groups is 4. The lowest BCUT2D eigenvalue weighted by Crippen LogP contribution is -2.57. The van der Waals surface area contributed by atoms with Gasteiger partial charge in [-0.05, 0) is 72.9 Å². The molecule has 3 amide bonds. The summed E-state index contributed by atoms with van der Waals surface area (Å²) in [5.41, 5.74) is 0.183. The predicted octanol–water partition coefficient (Wildman–Crippen LogP) is 4.77. The summed E-state index contributed by atoms with van der Waals surface area (Å²) in [5, 5.41) is 1.97. The van der Waals surface area contributed by atoms with Gasteiger partial charge in [-0.2, -0.15) is 5.01 Å². The molecule has 0 N–H and O–H groups in total. The minimum absolute atomic E-state index is 0.0239. The van der Waals surface area contributed by atoms with Crippen LogP contribution in [0.2, 0.25) is 5.02 Å².